The van der Waals surface area contributed by atoms with E-state index in [9.17, 15) is 8.42 Å². The highest BCUT2D eigenvalue weighted by molar-refractivity contribution is 7.89. The highest BCUT2D eigenvalue weighted by atomic mass is 32.2. The fourth-order valence-electron chi connectivity index (χ4n) is 4.05. The van der Waals surface area contributed by atoms with Gasteiger partial charge < -0.3 is 4.57 Å². The minimum absolute atomic E-state index is 0.0937. The van der Waals surface area contributed by atoms with Gasteiger partial charge in [-0.25, -0.2) is 13.1 Å². The summed E-state index contributed by atoms with van der Waals surface area (Å²) in [5.41, 5.74) is 2.76. The average molecular weight is 412 g/mol. The molecule has 7 nitrogen and oxygen atoms in total. The van der Waals surface area contributed by atoms with Gasteiger partial charge in [0.05, 0.1) is 4.90 Å². The van der Waals surface area contributed by atoms with Crippen molar-refractivity contribution in [2.24, 2.45) is 0 Å². The second-order valence-electron chi connectivity index (χ2n) is 7.47. The Morgan fingerprint density at radius 3 is 2.69 bits per heavy atom. The molecule has 0 aliphatic heterocycles. The second-order valence-corrected chi connectivity index (χ2v) is 9.15. The summed E-state index contributed by atoms with van der Waals surface area (Å²) in [7, 11) is -3.60. The zero-order valence-electron chi connectivity index (χ0n) is 16.4. The summed E-state index contributed by atoms with van der Waals surface area (Å²) in [6.45, 7) is 1.98. The molecule has 0 bridgehead atoms. The van der Waals surface area contributed by atoms with Crippen molar-refractivity contribution in [2.75, 3.05) is 0 Å². The summed E-state index contributed by atoms with van der Waals surface area (Å²) in [6, 6.07) is 9.50. The molecule has 0 radical (unpaired) electrons. The van der Waals surface area contributed by atoms with Crippen molar-refractivity contribution in [3.8, 4) is 11.1 Å². The van der Waals surface area contributed by atoms with E-state index in [-0.39, 0.29) is 12.1 Å². The third-order valence-corrected chi connectivity index (χ3v) is 7.17. The van der Waals surface area contributed by atoms with E-state index in [1.165, 1.54) is 0 Å². The summed E-state index contributed by atoms with van der Waals surface area (Å²) >= 11 is 0. The third kappa shape index (κ3) is 4.38. The van der Waals surface area contributed by atoms with Gasteiger partial charge in [-0.05, 0) is 67.0 Å². The molecule has 4 rings (SSSR count). The predicted molar refractivity (Wildman–Crippen MR) is 111 cm³/mol. The van der Waals surface area contributed by atoms with Gasteiger partial charge in [-0.3, -0.25) is 4.98 Å². The molecule has 1 saturated carbocycles. The van der Waals surface area contributed by atoms with Gasteiger partial charge in [-0.1, -0.05) is 19.1 Å². The van der Waals surface area contributed by atoms with Gasteiger partial charge in [0, 0.05) is 24.5 Å². The largest absolute Gasteiger partial charge is 0.317 e. The summed E-state index contributed by atoms with van der Waals surface area (Å²) < 4.78 is 31.2. The maximum absolute atomic E-state index is 13.2. The number of nitrogens with zero attached hydrogens (tertiary/aromatic N) is 4. The van der Waals surface area contributed by atoms with E-state index in [1.54, 1.807) is 31.1 Å². The number of hydrogen-bond acceptors (Lipinski definition) is 5. The molecular formula is C21H25N5O2S. The number of benzene rings is 1. The number of nitrogens with one attached hydrogen (secondary N) is 1. The van der Waals surface area contributed by atoms with Crippen molar-refractivity contribution >= 4 is 10.0 Å². The van der Waals surface area contributed by atoms with E-state index < -0.39 is 10.0 Å². The van der Waals surface area contributed by atoms with Crippen LogP contribution in [-0.2, 0) is 16.4 Å². The molecule has 1 fully saturated rings. The molecule has 2 aromatic heterocycles. The fraction of sp³-hybridized carbons (Fsp3) is 0.381. The molecular weight excluding hydrogens is 386 g/mol. The van der Waals surface area contributed by atoms with Crippen LogP contribution in [0.25, 0.3) is 11.1 Å². The highest BCUT2D eigenvalue weighted by Gasteiger charge is 2.28. The van der Waals surface area contributed by atoms with Gasteiger partial charge in [-0.15, -0.1) is 10.2 Å². The molecule has 3 aromatic rings. The van der Waals surface area contributed by atoms with E-state index in [2.05, 4.69) is 19.9 Å². The number of hydrogen-bond donors (Lipinski definition) is 1. The Morgan fingerprint density at radius 1 is 1.14 bits per heavy atom. The fourth-order valence-corrected chi connectivity index (χ4v) is 5.63. The van der Waals surface area contributed by atoms with Crippen LogP contribution in [0.2, 0.25) is 0 Å². The van der Waals surface area contributed by atoms with Crippen molar-refractivity contribution in [1.82, 2.24) is 24.5 Å². The minimum Gasteiger partial charge on any atom is -0.317 e. The zero-order chi connectivity index (χ0) is 20.3. The van der Waals surface area contributed by atoms with Crippen molar-refractivity contribution in [3.63, 3.8) is 0 Å². The molecule has 1 N–H and O–H groups in total. The quantitative estimate of drug-likeness (QED) is 0.672. The lowest BCUT2D eigenvalue weighted by molar-refractivity contribution is 0.305. The second kappa shape index (κ2) is 8.42. The van der Waals surface area contributed by atoms with Crippen LogP contribution in [0.1, 0.15) is 44.2 Å². The molecule has 152 valence electrons. The SMILES string of the molecule is CCc1cc(-c2cccnc2)ccc1S(=O)(=O)NC1CCCC(n2cnnc2)C1. The van der Waals surface area contributed by atoms with Gasteiger partial charge in [-0.2, -0.15) is 0 Å². The molecule has 1 aliphatic carbocycles. The first-order valence-electron chi connectivity index (χ1n) is 9.96. The van der Waals surface area contributed by atoms with E-state index in [4.69, 9.17) is 0 Å². The van der Waals surface area contributed by atoms with Crippen LogP contribution in [-0.4, -0.2) is 34.2 Å². The minimum atomic E-state index is -3.60. The Bertz CT molecular complexity index is 1050. The van der Waals surface area contributed by atoms with Crippen LogP contribution in [0.15, 0.2) is 60.3 Å². The number of rotatable bonds is 6. The number of pyridine rings is 1. The standard InChI is InChI=1S/C21H25N5O2S/c1-2-16-11-17(18-5-4-10-22-13-18)8-9-21(16)29(27,28)25-19-6-3-7-20(12-19)26-14-23-24-15-26/h4-5,8-11,13-15,19-20,25H,2-3,6-7,12H2,1H3. The number of aryl methyl sites for hydroxylation is 1. The zero-order valence-corrected chi connectivity index (χ0v) is 17.2. The number of sulfonamides is 1. The predicted octanol–water partition coefficient (Wildman–Crippen LogP) is 3.36. The first kappa shape index (κ1) is 19.7. The van der Waals surface area contributed by atoms with Crippen LogP contribution in [0.4, 0.5) is 0 Å². The summed E-state index contributed by atoms with van der Waals surface area (Å²) in [5.74, 6) is 0. The molecule has 8 heteroatoms. The molecule has 1 aliphatic rings. The van der Waals surface area contributed by atoms with Crippen LogP contribution >= 0.6 is 0 Å². The average Bonchev–Trinajstić information content (AvgIpc) is 3.29. The van der Waals surface area contributed by atoms with Gasteiger partial charge in [0.1, 0.15) is 12.7 Å². The smallest absolute Gasteiger partial charge is 0.241 e. The Labute approximate surface area is 171 Å². The molecule has 0 saturated heterocycles. The topological polar surface area (TPSA) is 89.8 Å². The highest BCUT2D eigenvalue weighted by Crippen LogP contribution is 2.30. The summed E-state index contributed by atoms with van der Waals surface area (Å²) in [5, 5.41) is 7.74. The normalized spacial score (nSPS) is 19.9. The van der Waals surface area contributed by atoms with Gasteiger partial charge >= 0.3 is 0 Å². The van der Waals surface area contributed by atoms with Crippen molar-refractivity contribution < 1.29 is 8.42 Å². The summed E-state index contributed by atoms with van der Waals surface area (Å²) in [6.07, 6.45) is 11.1. The van der Waals surface area contributed by atoms with Gasteiger partial charge in [0.15, 0.2) is 0 Å². The lowest BCUT2D eigenvalue weighted by Crippen LogP contribution is -2.39. The molecule has 1 aromatic carbocycles. The molecule has 0 spiro atoms. The molecule has 0 amide bonds. The molecule has 2 unspecified atom stereocenters. The van der Waals surface area contributed by atoms with E-state index in [1.807, 2.05) is 35.8 Å². The number of aromatic nitrogens is 4. The first-order valence-corrected chi connectivity index (χ1v) is 11.4. The van der Waals surface area contributed by atoms with Crippen molar-refractivity contribution in [2.45, 2.75) is 56.0 Å². The van der Waals surface area contributed by atoms with Crippen LogP contribution in [0.5, 0.6) is 0 Å². The Morgan fingerprint density at radius 2 is 1.97 bits per heavy atom. The lowest BCUT2D eigenvalue weighted by atomic mass is 9.91. The first-order chi connectivity index (χ1) is 14.1. The third-order valence-electron chi connectivity index (χ3n) is 5.55. The Kier molecular flexibility index (Phi) is 5.73. The van der Waals surface area contributed by atoms with Crippen LogP contribution in [0.3, 0.4) is 0 Å². The maximum Gasteiger partial charge on any atom is 0.241 e. The Hall–Kier alpha value is -2.58. The van der Waals surface area contributed by atoms with Gasteiger partial charge in [0.2, 0.25) is 10.0 Å². The summed E-state index contributed by atoms with van der Waals surface area (Å²) in [4.78, 5) is 4.51. The van der Waals surface area contributed by atoms with Crippen molar-refractivity contribution in [1.29, 1.82) is 0 Å². The van der Waals surface area contributed by atoms with E-state index >= 15 is 0 Å². The maximum atomic E-state index is 13.2. The molecule has 2 atom stereocenters. The lowest BCUT2D eigenvalue weighted by Gasteiger charge is -2.30. The van der Waals surface area contributed by atoms with Gasteiger partial charge in [0.25, 0.3) is 0 Å². The van der Waals surface area contributed by atoms with Crippen LogP contribution < -0.4 is 4.72 Å². The van der Waals surface area contributed by atoms with E-state index in [0.717, 1.165) is 42.4 Å². The molecule has 29 heavy (non-hydrogen) atoms. The van der Waals surface area contributed by atoms with E-state index in [0.29, 0.717) is 11.3 Å². The molecule has 2 heterocycles. The van der Waals surface area contributed by atoms with Crippen molar-refractivity contribution in [3.05, 3.63) is 60.9 Å². The Balaban J connectivity index is 1.55. The monoisotopic (exact) mass is 411 g/mol. The van der Waals surface area contributed by atoms with Crippen LogP contribution in [0, 0.1) is 0 Å².